The molecule has 1 aliphatic heterocycles. The van der Waals surface area contributed by atoms with Crippen LogP contribution in [0.5, 0.6) is 17.2 Å². The van der Waals surface area contributed by atoms with Crippen molar-refractivity contribution in [2.75, 3.05) is 27.4 Å². The fourth-order valence-corrected chi connectivity index (χ4v) is 2.60. The van der Waals surface area contributed by atoms with Crippen molar-refractivity contribution >= 4 is 5.78 Å². The summed E-state index contributed by atoms with van der Waals surface area (Å²) in [5, 5.41) is 10.5. The van der Waals surface area contributed by atoms with E-state index in [0.29, 0.717) is 41.6 Å². The minimum absolute atomic E-state index is 0.128. The Morgan fingerprint density at radius 2 is 1.88 bits per heavy atom. The highest BCUT2D eigenvalue weighted by Crippen LogP contribution is 2.32. The van der Waals surface area contributed by atoms with Crippen molar-refractivity contribution in [2.24, 2.45) is 0 Å². The summed E-state index contributed by atoms with van der Waals surface area (Å²) in [6.07, 6.45) is -1.18. The van der Waals surface area contributed by atoms with Crippen LogP contribution in [0.3, 0.4) is 0 Å². The number of benzene rings is 2. The number of Topliss-reactive ketones (excluding diaryl/α,β-unsaturated/α-hetero) is 1. The number of aliphatic hydroxyl groups excluding tert-OH is 1. The van der Waals surface area contributed by atoms with Gasteiger partial charge in [-0.2, -0.15) is 0 Å². The van der Waals surface area contributed by atoms with Crippen LogP contribution in [0.15, 0.2) is 36.4 Å². The Labute approximate surface area is 152 Å². The maximum absolute atomic E-state index is 12.6. The summed E-state index contributed by atoms with van der Waals surface area (Å²) >= 11 is 0. The monoisotopic (exact) mass is 358 g/mol. The third kappa shape index (κ3) is 3.98. The third-order valence-corrected chi connectivity index (χ3v) is 4.27. The molecule has 6 nitrogen and oxygen atoms in total. The summed E-state index contributed by atoms with van der Waals surface area (Å²) in [6, 6.07) is 10.0. The Balaban J connectivity index is 1.79. The predicted octanol–water partition coefficient (Wildman–Crippen LogP) is 2.71. The first kappa shape index (κ1) is 18.2. The van der Waals surface area contributed by atoms with E-state index >= 15 is 0 Å². The van der Waals surface area contributed by atoms with E-state index in [0.717, 1.165) is 5.56 Å². The number of methoxy groups -OCH3 is 2. The molecule has 138 valence electrons. The quantitative estimate of drug-likeness (QED) is 0.577. The lowest BCUT2D eigenvalue weighted by Gasteiger charge is -2.15. The second-order valence-corrected chi connectivity index (χ2v) is 6.13. The fourth-order valence-electron chi connectivity index (χ4n) is 2.60. The van der Waals surface area contributed by atoms with Crippen LogP contribution >= 0.6 is 0 Å². The minimum atomic E-state index is -1.31. The van der Waals surface area contributed by atoms with E-state index in [1.807, 2.05) is 6.92 Å². The van der Waals surface area contributed by atoms with E-state index in [1.165, 1.54) is 7.11 Å². The van der Waals surface area contributed by atoms with Crippen molar-refractivity contribution in [1.82, 2.24) is 0 Å². The molecule has 0 aromatic heterocycles. The van der Waals surface area contributed by atoms with Crippen molar-refractivity contribution < 1.29 is 28.8 Å². The molecule has 0 bridgehead atoms. The number of ether oxygens (including phenoxy) is 4. The molecular formula is C20H22O6. The predicted molar refractivity (Wildman–Crippen MR) is 95.3 cm³/mol. The van der Waals surface area contributed by atoms with Gasteiger partial charge in [-0.25, -0.2) is 0 Å². The van der Waals surface area contributed by atoms with Gasteiger partial charge in [-0.15, -0.1) is 0 Å². The number of rotatable bonds is 8. The van der Waals surface area contributed by atoms with Gasteiger partial charge in [-0.05, 0) is 36.2 Å². The molecule has 0 amide bonds. The number of ketones is 1. The smallest absolute Gasteiger partial charge is 0.195 e. The summed E-state index contributed by atoms with van der Waals surface area (Å²) < 4.78 is 21.3. The van der Waals surface area contributed by atoms with E-state index in [1.54, 1.807) is 43.5 Å². The van der Waals surface area contributed by atoms with Crippen molar-refractivity contribution in [1.29, 1.82) is 0 Å². The Morgan fingerprint density at radius 3 is 2.54 bits per heavy atom. The van der Waals surface area contributed by atoms with Gasteiger partial charge in [0.05, 0.1) is 20.8 Å². The lowest BCUT2D eigenvalue weighted by molar-refractivity contribution is 0.0746. The number of carbonyl (C=O) groups excluding carboxylic acids is 1. The highest BCUT2D eigenvalue weighted by Gasteiger charge is 2.25. The molecule has 1 N–H and O–H groups in total. The first-order valence-corrected chi connectivity index (χ1v) is 8.32. The van der Waals surface area contributed by atoms with E-state index in [9.17, 15) is 9.90 Å². The molecular weight excluding hydrogens is 336 g/mol. The highest BCUT2D eigenvalue weighted by atomic mass is 16.6. The molecule has 1 fully saturated rings. The van der Waals surface area contributed by atoms with E-state index in [4.69, 9.17) is 18.9 Å². The van der Waals surface area contributed by atoms with Crippen LogP contribution in [0.1, 0.15) is 27.6 Å². The fraction of sp³-hybridized carbons (Fsp3) is 0.350. The number of carbonyl (C=O) groups is 1. The van der Waals surface area contributed by atoms with Crippen LogP contribution in [0, 0.1) is 6.92 Å². The van der Waals surface area contributed by atoms with Gasteiger partial charge in [0.2, 0.25) is 0 Å². The molecule has 0 spiro atoms. The normalized spacial score (nSPS) is 16.7. The average molecular weight is 358 g/mol. The Bertz CT molecular complexity index is 797. The first-order chi connectivity index (χ1) is 12.5. The molecule has 2 aromatic carbocycles. The molecule has 3 rings (SSSR count). The summed E-state index contributed by atoms with van der Waals surface area (Å²) in [5.41, 5.74) is 1.73. The minimum Gasteiger partial charge on any atom is -0.496 e. The van der Waals surface area contributed by atoms with Crippen molar-refractivity contribution in [3.05, 3.63) is 53.1 Å². The molecule has 1 heterocycles. The Kier molecular flexibility index (Phi) is 5.44. The third-order valence-electron chi connectivity index (χ3n) is 4.27. The lowest BCUT2D eigenvalue weighted by Crippen LogP contribution is -2.13. The summed E-state index contributed by atoms with van der Waals surface area (Å²) in [6.45, 7) is 3.04. The Hall–Kier alpha value is -2.57. The summed E-state index contributed by atoms with van der Waals surface area (Å²) in [7, 11) is 3.06. The largest absolute Gasteiger partial charge is 0.496 e. The van der Waals surface area contributed by atoms with Crippen LogP contribution in [0.4, 0.5) is 0 Å². The van der Waals surface area contributed by atoms with Crippen molar-refractivity contribution in [3.8, 4) is 17.2 Å². The molecule has 1 saturated heterocycles. The van der Waals surface area contributed by atoms with Crippen LogP contribution < -0.4 is 14.2 Å². The van der Waals surface area contributed by atoms with Crippen molar-refractivity contribution in [2.45, 2.75) is 19.1 Å². The topological polar surface area (TPSA) is 77.5 Å². The molecule has 0 aliphatic carbocycles. The Morgan fingerprint density at radius 1 is 1.15 bits per heavy atom. The molecule has 2 unspecified atom stereocenters. The van der Waals surface area contributed by atoms with Gasteiger partial charge in [0.1, 0.15) is 24.6 Å². The molecule has 2 atom stereocenters. The van der Waals surface area contributed by atoms with Crippen LogP contribution in [-0.4, -0.2) is 44.4 Å². The molecule has 0 radical (unpaired) electrons. The number of epoxide rings is 1. The van der Waals surface area contributed by atoms with Crippen molar-refractivity contribution in [3.63, 3.8) is 0 Å². The molecule has 6 heteroatoms. The van der Waals surface area contributed by atoms with Gasteiger partial charge in [-0.1, -0.05) is 18.2 Å². The SMILES string of the molecule is COc1cc(C(=O)C(O)c2ccc(OCC3CO3)c(OC)c2)ccc1C. The second kappa shape index (κ2) is 7.76. The van der Waals surface area contributed by atoms with E-state index in [2.05, 4.69) is 0 Å². The van der Waals surface area contributed by atoms with Gasteiger partial charge < -0.3 is 24.1 Å². The zero-order valence-electron chi connectivity index (χ0n) is 15.0. The van der Waals surface area contributed by atoms with E-state index in [-0.39, 0.29) is 6.10 Å². The number of aryl methyl sites for hydroxylation is 1. The summed E-state index contributed by atoms with van der Waals surface area (Å²) in [4.78, 5) is 12.6. The number of aliphatic hydroxyl groups is 1. The molecule has 1 aliphatic rings. The van der Waals surface area contributed by atoms with Crippen LogP contribution in [0.2, 0.25) is 0 Å². The maximum Gasteiger partial charge on any atom is 0.195 e. The summed E-state index contributed by atoms with van der Waals surface area (Å²) in [5.74, 6) is 1.19. The number of hydrogen-bond donors (Lipinski definition) is 1. The highest BCUT2D eigenvalue weighted by molar-refractivity contribution is 6.00. The molecule has 2 aromatic rings. The van der Waals surface area contributed by atoms with Crippen LogP contribution in [0.25, 0.3) is 0 Å². The van der Waals surface area contributed by atoms with Gasteiger partial charge in [0, 0.05) is 5.56 Å². The first-order valence-electron chi connectivity index (χ1n) is 8.32. The lowest BCUT2D eigenvalue weighted by atomic mass is 9.98. The maximum atomic E-state index is 12.6. The average Bonchev–Trinajstić information content (AvgIpc) is 3.50. The van der Waals surface area contributed by atoms with Crippen LogP contribution in [-0.2, 0) is 4.74 Å². The van der Waals surface area contributed by atoms with Gasteiger partial charge >= 0.3 is 0 Å². The standard InChI is InChI=1S/C20H22O6/c1-12-4-5-13(8-17(12)23-2)19(21)20(22)14-6-7-16(18(9-14)24-3)26-11-15-10-25-15/h4-9,15,20,22H,10-11H2,1-3H3. The molecule has 0 saturated carbocycles. The second-order valence-electron chi connectivity index (χ2n) is 6.13. The van der Waals surface area contributed by atoms with Gasteiger partial charge in [0.25, 0.3) is 0 Å². The molecule has 26 heavy (non-hydrogen) atoms. The van der Waals surface area contributed by atoms with Gasteiger partial charge in [-0.3, -0.25) is 4.79 Å². The number of hydrogen-bond acceptors (Lipinski definition) is 6. The van der Waals surface area contributed by atoms with Gasteiger partial charge in [0.15, 0.2) is 17.3 Å². The zero-order chi connectivity index (χ0) is 18.7. The van der Waals surface area contributed by atoms with E-state index < -0.39 is 11.9 Å². The zero-order valence-corrected chi connectivity index (χ0v) is 15.0.